The second-order valence-electron chi connectivity index (χ2n) is 9.72. The first-order chi connectivity index (χ1) is 18.3. The van der Waals surface area contributed by atoms with Gasteiger partial charge >= 0.3 is 5.97 Å². The number of carbonyl (C=O) groups excluding carboxylic acids is 1. The van der Waals surface area contributed by atoms with Gasteiger partial charge in [0.05, 0.1) is 24.5 Å². The van der Waals surface area contributed by atoms with Crippen LogP contribution in [-0.4, -0.2) is 48.3 Å². The number of morpholine rings is 1. The Balaban J connectivity index is 1.24. The molecule has 0 saturated carbocycles. The molecule has 2 N–H and O–H groups in total. The summed E-state index contributed by atoms with van der Waals surface area (Å²) < 4.78 is 5.40. The molecule has 0 aliphatic carbocycles. The van der Waals surface area contributed by atoms with E-state index in [1.54, 1.807) is 23.5 Å². The van der Waals surface area contributed by atoms with Crippen LogP contribution in [0.15, 0.2) is 78.2 Å². The van der Waals surface area contributed by atoms with Gasteiger partial charge in [-0.2, -0.15) is 0 Å². The van der Waals surface area contributed by atoms with Crippen molar-refractivity contribution in [2.24, 2.45) is 0 Å². The van der Waals surface area contributed by atoms with Crippen LogP contribution in [0.1, 0.15) is 45.1 Å². The molecule has 0 spiro atoms. The van der Waals surface area contributed by atoms with Gasteiger partial charge in [0.1, 0.15) is 5.01 Å². The summed E-state index contributed by atoms with van der Waals surface area (Å²) in [5, 5.41) is 15.1. The quantitative estimate of drug-likeness (QED) is 0.310. The molecular formula is C30H29N3O4S. The van der Waals surface area contributed by atoms with Gasteiger partial charge in [-0.1, -0.05) is 24.3 Å². The van der Waals surface area contributed by atoms with Crippen LogP contribution < -0.4 is 10.2 Å². The summed E-state index contributed by atoms with van der Waals surface area (Å²) in [7, 11) is 0. The Morgan fingerprint density at radius 1 is 0.921 bits per heavy atom. The molecular weight excluding hydrogens is 498 g/mol. The van der Waals surface area contributed by atoms with E-state index in [1.807, 2.05) is 66.0 Å². The number of aromatic nitrogens is 1. The Morgan fingerprint density at radius 2 is 1.55 bits per heavy atom. The zero-order chi connectivity index (χ0) is 26.7. The van der Waals surface area contributed by atoms with Crippen LogP contribution in [0.3, 0.4) is 0 Å². The van der Waals surface area contributed by atoms with Gasteiger partial charge in [0.25, 0.3) is 5.91 Å². The third kappa shape index (κ3) is 5.46. The lowest BCUT2D eigenvalue weighted by atomic mass is 9.85. The van der Waals surface area contributed by atoms with E-state index in [4.69, 9.17) is 14.8 Å². The smallest absolute Gasteiger partial charge is 0.335 e. The number of aromatic carboxylic acids is 1. The Labute approximate surface area is 225 Å². The van der Waals surface area contributed by atoms with Gasteiger partial charge < -0.3 is 20.1 Å². The van der Waals surface area contributed by atoms with Gasteiger partial charge in [-0.25, -0.2) is 9.78 Å². The number of nitrogens with zero attached hydrogens (tertiary/aromatic N) is 2. The number of carbonyl (C=O) groups is 2. The Hall–Kier alpha value is -4.01. The Kier molecular flexibility index (Phi) is 7.26. The highest BCUT2D eigenvalue weighted by molar-refractivity contribution is 7.10. The van der Waals surface area contributed by atoms with E-state index in [-0.39, 0.29) is 16.9 Å². The molecule has 1 saturated heterocycles. The van der Waals surface area contributed by atoms with Gasteiger partial charge in [0, 0.05) is 46.4 Å². The fraction of sp³-hybridized carbons (Fsp3) is 0.233. The number of hydrogen-bond acceptors (Lipinski definition) is 6. The van der Waals surface area contributed by atoms with Crippen LogP contribution in [0.4, 0.5) is 11.4 Å². The fourth-order valence-corrected chi connectivity index (χ4v) is 5.39. The highest BCUT2D eigenvalue weighted by Crippen LogP contribution is 2.36. The minimum Gasteiger partial charge on any atom is -0.478 e. The summed E-state index contributed by atoms with van der Waals surface area (Å²) in [6.45, 7) is 7.32. The maximum Gasteiger partial charge on any atom is 0.335 e. The molecule has 2 heterocycles. The summed E-state index contributed by atoms with van der Waals surface area (Å²) in [5.41, 5.74) is 5.12. The molecule has 38 heavy (non-hydrogen) atoms. The predicted molar refractivity (Wildman–Crippen MR) is 151 cm³/mol. The van der Waals surface area contributed by atoms with Crippen LogP contribution in [0.5, 0.6) is 0 Å². The standard InChI is InChI=1S/C30H29N3O4S/c1-30(2,23-9-3-22(4-10-23)28(35)36)29-32-26(19-38-29)20-5-11-24(12-6-20)31-27(34)21-7-13-25(14-8-21)33-15-17-37-18-16-33/h3-14,19H,15-18H2,1-2H3,(H,31,34)(H,35,36). The highest BCUT2D eigenvalue weighted by Gasteiger charge is 2.27. The predicted octanol–water partition coefficient (Wildman–Crippen LogP) is 5.92. The molecule has 0 unspecified atom stereocenters. The number of anilines is 2. The van der Waals surface area contributed by atoms with Crippen molar-refractivity contribution >= 4 is 34.6 Å². The molecule has 194 valence electrons. The topological polar surface area (TPSA) is 91.8 Å². The lowest BCUT2D eigenvalue weighted by Crippen LogP contribution is -2.36. The number of nitrogens with one attached hydrogen (secondary N) is 1. The van der Waals surface area contributed by atoms with Gasteiger partial charge in [0.2, 0.25) is 0 Å². The lowest BCUT2D eigenvalue weighted by Gasteiger charge is -2.28. The molecule has 1 fully saturated rings. The van der Waals surface area contributed by atoms with Gasteiger partial charge in [-0.3, -0.25) is 4.79 Å². The normalized spacial score (nSPS) is 13.8. The van der Waals surface area contributed by atoms with Crippen LogP contribution in [0, 0.1) is 0 Å². The van der Waals surface area contributed by atoms with E-state index < -0.39 is 5.97 Å². The summed E-state index contributed by atoms with van der Waals surface area (Å²) in [4.78, 5) is 31.1. The van der Waals surface area contributed by atoms with E-state index in [9.17, 15) is 9.59 Å². The third-order valence-electron chi connectivity index (χ3n) is 6.84. The number of hydrogen-bond donors (Lipinski definition) is 2. The van der Waals surface area contributed by atoms with Gasteiger partial charge in [-0.15, -0.1) is 11.3 Å². The van der Waals surface area contributed by atoms with Crippen molar-refractivity contribution in [3.8, 4) is 11.3 Å². The number of ether oxygens (including phenoxy) is 1. The molecule has 5 rings (SSSR count). The summed E-state index contributed by atoms with van der Waals surface area (Å²) in [6, 6.07) is 22.2. The Morgan fingerprint density at radius 3 is 2.18 bits per heavy atom. The van der Waals surface area contributed by atoms with Crippen molar-refractivity contribution < 1.29 is 19.4 Å². The second-order valence-corrected chi connectivity index (χ2v) is 10.6. The molecule has 0 bridgehead atoms. The maximum absolute atomic E-state index is 12.8. The minimum atomic E-state index is -0.938. The fourth-order valence-electron chi connectivity index (χ4n) is 4.42. The van der Waals surface area contributed by atoms with Crippen LogP contribution >= 0.6 is 11.3 Å². The first kappa shape index (κ1) is 25.6. The van der Waals surface area contributed by atoms with E-state index in [2.05, 4.69) is 24.1 Å². The number of benzene rings is 3. The zero-order valence-corrected chi connectivity index (χ0v) is 22.1. The van der Waals surface area contributed by atoms with Crippen LogP contribution in [0.25, 0.3) is 11.3 Å². The van der Waals surface area contributed by atoms with Crippen LogP contribution in [-0.2, 0) is 10.2 Å². The van der Waals surface area contributed by atoms with Crippen LogP contribution in [0.2, 0.25) is 0 Å². The molecule has 1 aliphatic rings. The lowest BCUT2D eigenvalue weighted by molar-refractivity contribution is 0.0696. The molecule has 3 aromatic carbocycles. The average Bonchev–Trinajstić information content (AvgIpc) is 3.45. The summed E-state index contributed by atoms with van der Waals surface area (Å²) >= 11 is 1.57. The molecule has 7 nitrogen and oxygen atoms in total. The van der Waals surface area contributed by atoms with Crippen molar-refractivity contribution in [2.45, 2.75) is 19.3 Å². The molecule has 1 amide bonds. The SMILES string of the molecule is CC(C)(c1ccc(C(=O)O)cc1)c1nc(-c2ccc(NC(=O)c3ccc(N4CCOCC4)cc3)cc2)cs1. The van der Waals surface area contributed by atoms with E-state index in [0.717, 1.165) is 53.8 Å². The number of amides is 1. The first-order valence-electron chi connectivity index (χ1n) is 12.5. The third-order valence-corrected chi connectivity index (χ3v) is 8.00. The molecule has 0 atom stereocenters. The molecule has 0 radical (unpaired) electrons. The minimum absolute atomic E-state index is 0.155. The molecule has 8 heteroatoms. The second kappa shape index (κ2) is 10.8. The van der Waals surface area contributed by atoms with E-state index in [0.29, 0.717) is 11.3 Å². The van der Waals surface area contributed by atoms with Crippen molar-refractivity contribution in [1.29, 1.82) is 0 Å². The largest absolute Gasteiger partial charge is 0.478 e. The van der Waals surface area contributed by atoms with Gasteiger partial charge in [0.15, 0.2) is 0 Å². The maximum atomic E-state index is 12.8. The monoisotopic (exact) mass is 527 g/mol. The Bertz CT molecular complexity index is 1420. The van der Waals surface area contributed by atoms with E-state index >= 15 is 0 Å². The van der Waals surface area contributed by atoms with Crippen molar-refractivity contribution in [2.75, 3.05) is 36.5 Å². The summed E-state index contributed by atoms with van der Waals surface area (Å²) in [6.07, 6.45) is 0. The number of carboxylic acids is 1. The average molecular weight is 528 g/mol. The zero-order valence-electron chi connectivity index (χ0n) is 21.3. The first-order valence-corrected chi connectivity index (χ1v) is 13.3. The van der Waals surface area contributed by atoms with Gasteiger partial charge in [-0.05, 0) is 67.9 Å². The summed E-state index contributed by atoms with van der Waals surface area (Å²) in [5.74, 6) is -1.09. The molecule has 4 aromatic rings. The highest BCUT2D eigenvalue weighted by atomic mass is 32.1. The van der Waals surface area contributed by atoms with E-state index in [1.165, 1.54) is 0 Å². The molecule has 1 aliphatic heterocycles. The molecule has 1 aromatic heterocycles. The van der Waals surface area contributed by atoms with Crippen molar-refractivity contribution in [1.82, 2.24) is 4.98 Å². The number of rotatable bonds is 7. The van der Waals surface area contributed by atoms with Crippen molar-refractivity contribution in [3.05, 3.63) is 99.9 Å². The number of thiazole rings is 1. The number of carboxylic acid groups (broad SMARTS) is 1. The van der Waals surface area contributed by atoms with Crippen molar-refractivity contribution in [3.63, 3.8) is 0 Å².